The number of ketones is 1. The van der Waals surface area contributed by atoms with Crippen molar-refractivity contribution < 1.29 is 18.0 Å². The van der Waals surface area contributed by atoms with Gasteiger partial charge in [-0.05, 0) is 43.7 Å². The maximum atomic E-state index is 13.1. The largest absolute Gasteiger partial charge is 0.336 e. The summed E-state index contributed by atoms with van der Waals surface area (Å²) in [5.41, 5.74) is 2.18. The van der Waals surface area contributed by atoms with E-state index in [1.165, 1.54) is 51.0 Å². The number of nitrogens with zero attached hydrogens (tertiary/aromatic N) is 3. The normalized spacial score (nSPS) is 14.6. The van der Waals surface area contributed by atoms with Crippen LogP contribution in [0, 0.1) is 6.92 Å². The molecule has 0 atom stereocenters. The van der Waals surface area contributed by atoms with Gasteiger partial charge in [0.25, 0.3) is 11.5 Å². The molecule has 2 heterocycles. The Morgan fingerprint density at radius 3 is 2.23 bits per heavy atom. The number of hydrogen-bond donors (Lipinski definition) is 0. The number of aryl methyl sites for hydroxylation is 1. The lowest BCUT2D eigenvalue weighted by atomic mass is 10.1. The van der Waals surface area contributed by atoms with Gasteiger partial charge in [-0.25, -0.2) is 8.42 Å². The summed E-state index contributed by atoms with van der Waals surface area (Å²) in [6, 6.07) is 16.8. The van der Waals surface area contributed by atoms with Crippen LogP contribution in [0.4, 0.5) is 0 Å². The number of amides is 1. The molecule has 8 nitrogen and oxygen atoms in total. The summed E-state index contributed by atoms with van der Waals surface area (Å²) >= 11 is 0. The molecule has 0 bridgehead atoms. The lowest BCUT2D eigenvalue weighted by Gasteiger charge is -2.34. The summed E-state index contributed by atoms with van der Waals surface area (Å²) in [4.78, 5) is 39.2. The number of sulfonamides is 1. The molecule has 0 aliphatic carbocycles. The molecule has 3 aromatic rings. The molecular formula is C26H27N3O5S. The van der Waals surface area contributed by atoms with Crippen LogP contribution in [0.1, 0.15) is 38.8 Å². The highest BCUT2D eigenvalue weighted by molar-refractivity contribution is 7.89. The van der Waals surface area contributed by atoms with Crippen molar-refractivity contribution in [2.45, 2.75) is 25.3 Å². The van der Waals surface area contributed by atoms with E-state index < -0.39 is 15.9 Å². The van der Waals surface area contributed by atoms with E-state index in [1.807, 2.05) is 31.2 Å². The summed E-state index contributed by atoms with van der Waals surface area (Å²) in [5, 5.41) is 0. The quantitative estimate of drug-likeness (QED) is 0.492. The van der Waals surface area contributed by atoms with Crippen LogP contribution in [0.2, 0.25) is 0 Å². The number of benzene rings is 2. The molecule has 1 aromatic heterocycles. The summed E-state index contributed by atoms with van der Waals surface area (Å²) in [7, 11) is -3.75. The van der Waals surface area contributed by atoms with Gasteiger partial charge in [0.05, 0.1) is 11.4 Å². The van der Waals surface area contributed by atoms with Gasteiger partial charge in [0.2, 0.25) is 10.0 Å². The fourth-order valence-electron chi connectivity index (χ4n) is 4.14. The highest BCUT2D eigenvalue weighted by Gasteiger charge is 2.31. The van der Waals surface area contributed by atoms with Crippen molar-refractivity contribution in [1.82, 2.24) is 13.8 Å². The van der Waals surface area contributed by atoms with E-state index in [4.69, 9.17) is 0 Å². The molecule has 4 rings (SSSR count). The van der Waals surface area contributed by atoms with Crippen molar-refractivity contribution in [3.63, 3.8) is 0 Å². The van der Waals surface area contributed by atoms with Gasteiger partial charge < -0.3 is 9.47 Å². The first-order valence-electron chi connectivity index (χ1n) is 11.3. The van der Waals surface area contributed by atoms with E-state index in [0.29, 0.717) is 12.1 Å². The van der Waals surface area contributed by atoms with Gasteiger partial charge in [0.1, 0.15) is 5.56 Å². The van der Waals surface area contributed by atoms with Crippen molar-refractivity contribution in [1.29, 1.82) is 0 Å². The van der Waals surface area contributed by atoms with E-state index in [-0.39, 0.29) is 48.0 Å². The molecule has 1 aliphatic rings. The lowest BCUT2D eigenvalue weighted by Crippen LogP contribution is -2.51. The van der Waals surface area contributed by atoms with Crippen LogP contribution >= 0.6 is 0 Å². The van der Waals surface area contributed by atoms with E-state index in [1.54, 1.807) is 12.3 Å². The van der Waals surface area contributed by atoms with Crippen LogP contribution in [0.5, 0.6) is 0 Å². The van der Waals surface area contributed by atoms with Gasteiger partial charge in [0, 0.05) is 37.9 Å². The van der Waals surface area contributed by atoms with Crippen molar-refractivity contribution in [3.05, 3.63) is 99.5 Å². The van der Waals surface area contributed by atoms with Crippen LogP contribution < -0.4 is 5.56 Å². The Morgan fingerprint density at radius 2 is 1.60 bits per heavy atom. The zero-order valence-corrected chi connectivity index (χ0v) is 20.5. The molecule has 0 spiro atoms. The Hall–Kier alpha value is -3.56. The number of hydrogen-bond acceptors (Lipinski definition) is 5. The second-order valence-corrected chi connectivity index (χ2v) is 10.6. The molecule has 1 fully saturated rings. The van der Waals surface area contributed by atoms with Gasteiger partial charge in [-0.15, -0.1) is 0 Å². The Kier molecular flexibility index (Phi) is 7.00. The topological polar surface area (TPSA) is 96.8 Å². The molecule has 2 aromatic carbocycles. The van der Waals surface area contributed by atoms with Gasteiger partial charge in [-0.2, -0.15) is 4.31 Å². The van der Waals surface area contributed by atoms with Gasteiger partial charge in [-0.3, -0.25) is 14.4 Å². The van der Waals surface area contributed by atoms with Gasteiger partial charge in [0.15, 0.2) is 5.78 Å². The number of carbonyl (C=O) groups is 2. The SMILES string of the molecule is CC(=O)c1ccc(S(=O)(=O)N2CCN(C(=O)c3cccn(Cc4cccc(C)c4)c3=O)CC2)cc1. The summed E-state index contributed by atoms with van der Waals surface area (Å²) < 4.78 is 28.8. The molecule has 0 radical (unpaired) electrons. The summed E-state index contributed by atoms with van der Waals surface area (Å²) in [5.74, 6) is -0.545. The van der Waals surface area contributed by atoms with Crippen molar-refractivity contribution in [3.8, 4) is 0 Å². The first-order valence-corrected chi connectivity index (χ1v) is 12.8. The molecule has 182 valence electrons. The average Bonchev–Trinajstić information content (AvgIpc) is 2.85. The van der Waals surface area contributed by atoms with E-state index >= 15 is 0 Å². The van der Waals surface area contributed by atoms with Crippen molar-refractivity contribution in [2.24, 2.45) is 0 Å². The minimum Gasteiger partial charge on any atom is -0.336 e. The number of carbonyl (C=O) groups excluding carboxylic acids is 2. The zero-order chi connectivity index (χ0) is 25.2. The highest BCUT2D eigenvalue weighted by Crippen LogP contribution is 2.19. The van der Waals surface area contributed by atoms with Crippen LogP contribution in [0.3, 0.4) is 0 Å². The molecule has 1 aliphatic heterocycles. The van der Waals surface area contributed by atoms with Crippen molar-refractivity contribution >= 4 is 21.7 Å². The lowest BCUT2D eigenvalue weighted by molar-refractivity contribution is 0.0695. The van der Waals surface area contributed by atoms with Gasteiger partial charge in [-0.1, -0.05) is 42.0 Å². The Balaban J connectivity index is 1.45. The molecule has 0 unspecified atom stereocenters. The maximum Gasteiger partial charge on any atom is 0.263 e. The maximum absolute atomic E-state index is 13.1. The number of Topliss-reactive ketones (excluding diaryl/α,β-unsaturated/α-hetero) is 1. The standard InChI is InChI=1S/C26H27N3O5S/c1-19-5-3-6-21(17-19)18-28-12-4-7-24(26(28)32)25(31)27-13-15-29(16-14-27)35(33,34)23-10-8-22(9-11-23)20(2)30/h3-12,17H,13-16,18H2,1-2H3. The Labute approximate surface area is 204 Å². The number of piperazine rings is 1. The first-order chi connectivity index (χ1) is 16.7. The van der Waals surface area contributed by atoms with Crippen molar-refractivity contribution in [2.75, 3.05) is 26.2 Å². The monoisotopic (exact) mass is 493 g/mol. The van der Waals surface area contributed by atoms with Crippen LogP contribution in [-0.2, 0) is 16.6 Å². The third kappa shape index (κ3) is 5.26. The number of rotatable bonds is 6. The second kappa shape index (κ2) is 9.97. The zero-order valence-electron chi connectivity index (χ0n) is 19.7. The fourth-order valence-corrected chi connectivity index (χ4v) is 5.57. The number of pyridine rings is 1. The molecule has 35 heavy (non-hydrogen) atoms. The predicted octanol–water partition coefficient (Wildman–Crippen LogP) is 2.55. The third-order valence-corrected chi connectivity index (χ3v) is 8.02. The average molecular weight is 494 g/mol. The predicted molar refractivity (Wildman–Crippen MR) is 132 cm³/mol. The minimum atomic E-state index is -3.75. The molecular weight excluding hydrogens is 466 g/mol. The van der Waals surface area contributed by atoms with Crippen LogP contribution in [0.15, 0.2) is 76.6 Å². The molecule has 1 amide bonds. The fraction of sp³-hybridized carbons (Fsp3) is 0.269. The molecule has 9 heteroatoms. The van der Waals surface area contributed by atoms with E-state index in [0.717, 1.165) is 11.1 Å². The Morgan fingerprint density at radius 1 is 0.914 bits per heavy atom. The smallest absolute Gasteiger partial charge is 0.263 e. The van der Waals surface area contributed by atoms with E-state index in [9.17, 15) is 22.8 Å². The van der Waals surface area contributed by atoms with Gasteiger partial charge >= 0.3 is 0 Å². The molecule has 0 saturated carbocycles. The van der Waals surface area contributed by atoms with Crippen LogP contribution in [0.25, 0.3) is 0 Å². The van der Waals surface area contributed by atoms with E-state index in [2.05, 4.69) is 0 Å². The summed E-state index contributed by atoms with van der Waals surface area (Å²) in [6.45, 7) is 4.35. The van der Waals surface area contributed by atoms with Crippen LogP contribution in [-0.4, -0.2) is 60.1 Å². The molecule has 0 N–H and O–H groups in total. The summed E-state index contributed by atoms with van der Waals surface area (Å²) in [6.07, 6.45) is 1.66. The molecule has 1 saturated heterocycles. The second-order valence-electron chi connectivity index (χ2n) is 8.62. The third-order valence-electron chi connectivity index (χ3n) is 6.11. The Bertz CT molecular complexity index is 1420. The first kappa shape index (κ1) is 24.6. The number of aromatic nitrogens is 1. The minimum absolute atomic E-state index is 0.0660. The highest BCUT2D eigenvalue weighted by atomic mass is 32.2.